The quantitative estimate of drug-likeness (QED) is 0.878. The lowest BCUT2D eigenvalue weighted by molar-refractivity contribution is 0.0117. The molecule has 2 rings (SSSR count). The molecular weight excluding hydrogens is 280 g/mol. The third-order valence-electron chi connectivity index (χ3n) is 3.91. The van der Waals surface area contributed by atoms with Crippen LogP contribution in [-0.2, 0) is 0 Å². The van der Waals surface area contributed by atoms with Crippen molar-refractivity contribution in [1.29, 1.82) is 0 Å². The van der Waals surface area contributed by atoms with Crippen LogP contribution in [0, 0.1) is 0 Å². The number of nitrogens with one attached hydrogen (secondary N) is 1. The van der Waals surface area contributed by atoms with Gasteiger partial charge in [-0.2, -0.15) is 0 Å². The summed E-state index contributed by atoms with van der Waals surface area (Å²) in [6, 6.07) is 7.06. The summed E-state index contributed by atoms with van der Waals surface area (Å²) in [5.41, 5.74) is -0.152. The van der Waals surface area contributed by atoms with Gasteiger partial charge in [0.1, 0.15) is 5.75 Å². The standard InChI is InChI=1S/C17H26N2O3/c1-4-12-22-14-9-7-13(8-10-14)18-16(20)19-11-5-6-15(19)17(2,3)21/h7-10,15,21H,4-6,11-12H2,1-3H3,(H,18,20). The van der Waals surface area contributed by atoms with E-state index in [9.17, 15) is 9.90 Å². The number of ether oxygens (including phenoxy) is 1. The third kappa shape index (κ3) is 4.13. The summed E-state index contributed by atoms with van der Waals surface area (Å²) in [5, 5.41) is 13.1. The molecule has 1 saturated heterocycles. The molecule has 0 aliphatic carbocycles. The lowest BCUT2D eigenvalue weighted by atomic mass is 9.97. The van der Waals surface area contributed by atoms with E-state index in [1.807, 2.05) is 24.3 Å². The van der Waals surface area contributed by atoms with E-state index < -0.39 is 5.60 Å². The lowest BCUT2D eigenvalue weighted by Gasteiger charge is -2.33. The van der Waals surface area contributed by atoms with E-state index in [1.54, 1.807) is 18.7 Å². The number of amides is 2. The van der Waals surface area contributed by atoms with Crippen LogP contribution in [-0.4, -0.2) is 40.8 Å². The zero-order chi connectivity index (χ0) is 16.2. The van der Waals surface area contributed by atoms with E-state index >= 15 is 0 Å². The van der Waals surface area contributed by atoms with E-state index in [1.165, 1.54) is 0 Å². The highest BCUT2D eigenvalue weighted by molar-refractivity contribution is 5.89. The number of likely N-dealkylation sites (tertiary alicyclic amines) is 1. The van der Waals surface area contributed by atoms with Crippen molar-refractivity contribution in [3.63, 3.8) is 0 Å². The van der Waals surface area contributed by atoms with Gasteiger partial charge in [0.2, 0.25) is 0 Å². The smallest absolute Gasteiger partial charge is 0.322 e. The van der Waals surface area contributed by atoms with Gasteiger partial charge in [-0.05, 0) is 57.4 Å². The maximum Gasteiger partial charge on any atom is 0.322 e. The minimum atomic E-state index is -0.883. The molecule has 1 aromatic rings. The zero-order valence-corrected chi connectivity index (χ0v) is 13.6. The fourth-order valence-corrected chi connectivity index (χ4v) is 2.79. The van der Waals surface area contributed by atoms with Crippen LogP contribution in [0.25, 0.3) is 0 Å². The predicted molar refractivity (Wildman–Crippen MR) is 87.3 cm³/mol. The second kappa shape index (κ2) is 7.01. The summed E-state index contributed by atoms with van der Waals surface area (Å²) in [4.78, 5) is 14.1. The second-order valence-electron chi connectivity index (χ2n) is 6.31. The molecule has 1 aliphatic heterocycles. The van der Waals surface area contributed by atoms with Crippen LogP contribution < -0.4 is 10.1 Å². The number of hydrogen-bond donors (Lipinski definition) is 2. The van der Waals surface area contributed by atoms with Crippen LogP contribution in [0.1, 0.15) is 40.0 Å². The summed E-state index contributed by atoms with van der Waals surface area (Å²) in [6.45, 7) is 6.93. The van der Waals surface area contributed by atoms with Crippen molar-refractivity contribution in [2.45, 2.75) is 51.7 Å². The Morgan fingerprint density at radius 2 is 2.09 bits per heavy atom. The normalized spacial score (nSPS) is 18.4. The SMILES string of the molecule is CCCOc1ccc(NC(=O)N2CCCC2C(C)(C)O)cc1. The van der Waals surface area contributed by atoms with Gasteiger partial charge in [-0.15, -0.1) is 0 Å². The number of urea groups is 1. The Kier molecular flexibility index (Phi) is 5.29. The molecule has 5 heteroatoms. The van der Waals surface area contributed by atoms with Gasteiger partial charge in [-0.25, -0.2) is 4.79 Å². The monoisotopic (exact) mass is 306 g/mol. The third-order valence-corrected chi connectivity index (χ3v) is 3.91. The number of carbonyl (C=O) groups excluding carboxylic acids is 1. The molecule has 1 atom stereocenters. The van der Waals surface area contributed by atoms with Crippen molar-refractivity contribution >= 4 is 11.7 Å². The molecule has 1 heterocycles. The fourth-order valence-electron chi connectivity index (χ4n) is 2.79. The Labute approximate surface area is 132 Å². The van der Waals surface area contributed by atoms with E-state index in [0.29, 0.717) is 13.2 Å². The van der Waals surface area contributed by atoms with Crippen molar-refractivity contribution in [1.82, 2.24) is 4.90 Å². The van der Waals surface area contributed by atoms with Crippen LogP contribution >= 0.6 is 0 Å². The highest BCUT2D eigenvalue weighted by atomic mass is 16.5. The van der Waals surface area contributed by atoms with Gasteiger partial charge in [0, 0.05) is 12.2 Å². The highest BCUT2D eigenvalue weighted by Crippen LogP contribution is 2.27. The molecule has 22 heavy (non-hydrogen) atoms. The highest BCUT2D eigenvalue weighted by Gasteiger charge is 2.38. The molecule has 1 aromatic carbocycles. The first-order chi connectivity index (χ1) is 10.4. The molecule has 0 radical (unpaired) electrons. The maximum atomic E-state index is 12.4. The first-order valence-corrected chi connectivity index (χ1v) is 7.94. The molecule has 0 bridgehead atoms. The minimum absolute atomic E-state index is 0.139. The Balaban J connectivity index is 1.96. The van der Waals surface area contributed by atoms with Gasteiger partial charge in [-0.3, -0.25) is 0 Å². The van der Waals surface area contributed by atoms with Crippen molar-refractivity contribution < 1.29 is 14.6 Å². The lowest BCUT2D eigenvalue weighted by Crippen LogP contribution is -2.49. The molecule has 0 aromatic heterocycles. The fraction of sp³-hybridized carbons (Fsp3) is 0.588. The van der Waals surface area contributed by atoms with Crippen LogP contribution in [0.4, 0.5) is 10.5 Å². The molecule has 0 saturated carbocycles. The molecule has 2 N–H and O–H groups in total. The Morgan fingerprint density at radius 1 is 1.41 bits per heavy atom. The maximum absolute atomic E-state index is 12.4. The van der Waals surface area contributed by atoms with Gasteiger partial charge in [0.05, 0.1) is 18.2 Å². The Hall–Kier alpha value is -1.75. The van der Waals surface area contributed by atoms with E-state index in [0.717, 1.165) is 30.7 Å². The van der Waals surface area contributed by atoms with Gasteiger partial charge in [-0.1, -0.05) is 6.92 Å². The Bertz CT molecular complexity index is 494. The van der Waals surface area contributed by atoms with Crippen molar-refractivity contribution in [2.75, 3.05) is 18.5 Å². The van der Waals surface area contributed by atoms with Crippen LogP contribution in [0.5, 0.6) is 5.75 Å². The van der Waals surface area contributed by atoms with Crippen LogP contribution in [0.15, 0.2) is 24.3 Å². The van der Waals surface area contributed by atoms with E-state index in [2.05, 4.69) is 12.2 Å². The summed E-state index contributed by atoms with van der Waals surface area (Å²) in [7, 11) is 0. The summed E-state index contributed by atoms with van der Waals surface area (Å²) < 4.78 is 5.52. The number of aliphatic hydroxyl groups is 1. The summed E-state index contributed by atoms with van der Waals surface area (Å²) >= 11 is 0. The van der Waals surface area contributed by atoms with Crippen molar-refractivity contribution in [2.24, 2.45) is 0 Å². The average molecular weight is 306 g/mol. The number of carbonyl (C=O) groups is 1. The van der Waals surface area contributed by atoms with E-state index in [4.69, 9.17) is 4.74 Å². The summed E-state index contributed by atoms with van der Waals surface area (Å²) in [6.07, 6.45) is 2.72. The molecule has 2 amide bonds. The number of anilines is 1. The predicted octanol–water partition coefficient (Wildman–Crippen LogP) is 3.24. The molecule has 1 fully saturated rings. The molecule has 122 valence electrons. The number of benzene rings is 1. The van der Waals surface area contributed by atoms with Crippen molar-refractivity contribution in [3.05, 3.63) is 24.3 Å². The first-order valence-electron chi connectivity index (χ1n) is 7.94. The van der Waals surface area contributed by atoms with E-state index in [-0.39, 0.29) is 12.1 Å². The number of hydrogen-bond acceptors (Lipinski definition) is 3. The topological polar surface area (TPSA) is 61.8 Å². The molecular formula is C17H26N2O3. The van der Waals surface area contributed by atoms with Crippen LogP contribution in [0.2, 0.25) is 0 Å². The van der Waals surface area contributed by atoms with Gasteiger partial charge >= 0.3 is 6.03 Å². The second-order valence-corrected chi connectivity index (χ2v) is 6.31. The molecule has 1 aliphatic rings. The molecule has 5 nitrogen and oxygen atoms in total. The minimum Gasteiger partial charge on any atom is -0.494 e. The van der Waals surface area contributed by atoms with Gasteiger partial charge < -0.3 is 20.1 Å². The van der Waals surface area contributed by atoms with Gasteiger partial charge in [0.25, 0.3) is 0 Å². The average Bonchev–Trinajstić information content (AvgIpc) is 2.96. The van der Waals surface area contributed by atoms with Gasteiger partial charge in [0.15, 0.2) is 0 Å². The molecule has 1 unspecified atom stereocenters. The first kappa shape index (κ1) is 16.6. The zero-order valence-electron chi connectivity index (χ0n) is 13.6. The van der Waals surface area contributed by atoms with Crippen LogP contribution in [0.3, 0.4) is 0 Å². The largest absolute Gasteiger partial charge is 0.494 e. The Morgan fingerprint density at radius 3 is 2.68 bits per heavy atom. The summed E-state index contributed by atoms with van der Waals surface area (Å²) in [5.74, 6) is 0.801. The number of rotatable bonds is 5. The number of nitrogens with zero attached hydrogens (tertiary/aromatic N) is 1. The molecule has 0 spiro atoms. The van der Waals surface area contributed by atoms with Crippen molar-refractivity contribution in [3.8, 4) is 5.75 Å².